The summed E-state index contributed by atoms with van der Waals surface area (Å²) in [6.07, 6.45) is 1.37. The number of halogens is 3. The topological polar surface area (TPSA) is 58.2 Å². The molecule has 0 atom stereocenters. The Balaban J connectivity index is 0.00000180. The number of rotatable bonds is 3. The summed E-state index contributed by atoms with van der Waals surface area (Å²) in [5.74, 6) is -2.22. The second-order valence-corrected chi connectivity index (χ2v) is 5.94. The Hall–Kier alpha value is -0.760. The van der Waals surface area contributed by atoms with Gasteiger partial charge in [-0.15, -0.1) is 12.4 Å². The third kappa shape index (κ3) is 4.10. The minimum Gasteiger partial charge on any atom is -0.317 e. The van der Waals surface area contributed by atoms with E-state index in [4.69, 9.17) is 0 Å². The maximum Gasteiger partial charge on any atom is 0.240 e. The Morgan fingerprint density at radius 3 is 2.37 bits per heavy atom. The molecular formula is C11H15ClF2N2O2S. The number of piperidine rings is 1. The van der Waals surface area contributed by atoms with Crippen molar-refractivity contribution >= 4 is 22.4 Å². The third-order valence-corrected chi connectivity index (χ3v) is 4.38. The Morgan fingerprint density at radius 2 is 1.79 bits per heavy atom. The van der Waals surface area contributed by atoms with E-state index < -0.39 is 21.7 Å². The minimum atomic E-state index is -3.78. The van der Waals surface area contributed by atoms with E-state index in [0.29, 0.717) is 18.9 Å². The minimum absolute atomic E-state index is 0. The quantitative estimate of drug-likeness (QED) is 0.887. The van der Waals surface area contributed by atoms with Gasteiger partial charge in [0.2, 0.25) is 10.0 Å². The molecule has 1 aromatic rings. The number of hydrogen-bond donors (Lipinski definition) is 2. The molecule has 1 fully saturated rings. The highest BCUT2D eigenvalue weighted by atomic mass is 35.5. The van der Waals surface area contributed by atoms with Gasteiger partial charge in [-0.05, 0) is 44.1 Å². The second-order valence-electron chi connectivity index (χ2n) is 4.22. The first-order valence-corrected chi connectivity index (χ1v) is 7.15. The van der Waals surface area contributed by atoms with Crippen LogP contribution in [0.5, 0.6) is 0 Å². The van der Waals surface area contributed by atoms with Crippen molar-refractivity contribution in [2.45, 2.75) is 23.8 Å². The molecule has 0 spiro atoms. The molecule has 1 aliphatic heterocycles. The number of hydrogen-bond acceptors (Lipinski definition) is 3. The molecule has 0 radical (unpaired) electrons. The van der Waals surface area contributed by atoms with Crippen LogP contribution in [0.3, 0.4) is 0 Å². The van der Waals surface area contributed by atoms with Gasteiger partial charge in [-0.3, -0.25) is 0 Å². The third-order valence-electron chi connectivity index (χ3n) is 2.86. The maximum absolute atomic E-state index is 13.0. The van der Waals surface area contributed by atoms with Crippen molar-refractivity contribution in [3.63, 3.8) is 0 Å². The molecule has 2 rings (SSSR count). The highest BCUT2D eigenvalue weighted by Gasteiger charge is 2.22. The van der Waals surface area contributed by atoms with Crippen molar-refractivity contribution in [2.75, 3.05) is 13.1 Å². The summed E-state index contributed by atoms with van der Waals surface area (Å²) in [5, 5.41) is 3.11. The fraction of sp³-hybridized carbons (Fsp3) is 0.455. The average molecular weight is 313 g/mol. The van der Waals surface area contributed by atoms with Crippen LogP contribution < -0.4 is 10.0 Å². The van der Waals surface area contributed by atoms with E-state index in [9.17, 15) is 17.2 Å². The standard InChI is InChI=1S/C11H14F2N2O2S.ClH/c12-10-2-1-9(7-11(10)13)18(16,17)15-8-3-5-14-6-4-8;/h1-2,7-8,14-15H,3-6H2;1H. The summed E-state index contributed by atoms with van der Waals surface area (Å²) in [7, 11) is -3.78. The largest absolute Gasteiger partial charge is 0.317 e. The van der Waals surface area contributed by atoms with Crippen molar-refractivity contribution in [3.05, 3.63) is 29.8 Å². The molecule has 1 heterocycles. The summed E-state index contributed by atoms with van der Waals surface area (Å²) in [4.78, 5) is -0.250. The lowest BCUT2D eigenvalue weighted by Gasteiger charge is -2.23. The van der Waals surface area contributed by atoms with Crippen LogP contribution in [0.15, 0.2) is 23.1 Å². The van der Waals surface area contributed by atoms with Gasteiger partial charge in [0.15, 0.2) is 11.6 Å². The summed E-state index contributed by atoms with van der Waals surface area (Å²) in [6.45, 7) is 1.48. The van der Waals surface area contributed by atoms with Crippen LogP contribution >= 0.6 is 12.4 Å². The zero-order valence-electron chi connectivity index (χ0n) is 10.0. The van der Waals surface area contributed by atoms with Gasteiger partial charge in [0.1, 0.15) is 0 Å². The Labute approximate surface area is 117 Å². The van der Waals surface area contributed by atoms with Crippen molar-refractivity contribution in [2.24, 2.45) is 0 Å². The monoisotopic (exact) mass is 312 g/mol. The summed E-state index contributed by atoms with van der Waals surface area (Å²) >= 11 is 0. The molecule has 4 nitrogen and oxygen atoms in total. The molecule has 0 unspecified atom stereocenters. The molecule has 8 heteroatoms. The highest BCUT2D eigenvalue weighted by Crippen LogP contribution is 2.15. The molecular weight excluding hydrogens is 298 g/mol. The van der Waals surface area contributed by atoms with E-state index >= 15 is 0 Å². The van der Waals surface area contributed by atoms with Gasteiger partial charge in [-0.2, -0.15) is 0 Å². The summed E-state index contributed by atoms with van der Waals surface area (Å²) in [5.41, 5.74) is 0. The lowest BCUT2D eigenvalue weighted by molar-refractivity contribution is 0.426. The summed E-state index contributed by atoms with van der Waals surface area (Å²) < 4.78 is 52.1. The van der Waals surface area contributed by atoms with Crippen molar-refractivity contribution in [1.29, 1.82) is 0 Å². The fourth-order valence-electron chi connectivity index (χ4n) is 1.87. The lowest BCUT2D eigenvalue weighted by atomic mass is 10.1. The molecule has 1 aliphatic rings. The zero-order valence-corrected chi connectivity index (χ0v) is 11.7. The lowest BCUT2D eigenvalue weighted by Crippen LogP contribution is -2.42. The first-order valence-electron chi connectivity index (χ1n) is 5.67. The van der Waals surface area contributed by atoms with E-state index in [1.54, 1.807) is 0 Å². The van der Waals surface area contributed by atoms with Crippen LogP contribution in [-0.4, -0.2) is 27.5 Å². The first kappa shape index (κ1) is 16.3. The fourth-order valence-corrected chi connectivity index (χ4v) is 3.19. The molecule has 108 valence electrons. The van der Waals surface area contributed by atoms with E-state index in [-0.39, 0.29) is 23.3 Å². The Bertz CT molecular complexity index is 533. The number of sulfonamides is 1. The first-order chi connectivity index (χ1) is 8.49. The molecule has 2 N–H and O–H groups in total. The molecule has 0 aromatic heterocycles. The smallest absolute Gasteiger partial charge is 0.240 e. The van der Waals surface area contributed by atoms with Gasteiger partial charge in [0, 0.05) is 6.04 Å². The predicted molar refractivity (Wildman–Crippen MR) is 69.8 cm³/mol. The van der Waals surface area contributed by atoms with E-state index in [2.05, 4.69) is 10.0 Å². The molecule has 1 aromatic carbocycles. The van der Waals surface area contributed by atoms with Crippen LogP contribution in [0.2, 0.25) is 0 Å². The van der Waals surface area contributed by atoms with Crippen molar-refractivity contribution in [3.8, 4) is 0 Å². The van der Waals surface area contributed by atoms with Crippen LogP contribution in [0.1, 0.15) is 12.8 Å². The highest BCUT2D eigenvalue weighted by molar-refractivity contribution is 7.89. The predicted octanol–water partition coefficient (Wildman–Crippen LogP) is 1.42. The van der Waals surface area contributed by atoms with Gasteiger partial charge in [0.05, 0.1) is 4.90 Å². The molecule has 19 heavy (non-hydrogen) atoms. The molecule has 0 saturated carbocycles. The van der Waals surface area contributed by atoms with E-state index in [0.717, 1.165) is 25.2 Å². The number of nitrogens with one attached hydrogen (secondary N) is 2. The SMILES string of the molecule is Cl.O=S(=O)(NC1CCNCC1)c1ccc(F)c(F)c1. The van der Waals surface area contributed by atoms with Gasteiger partial charge >= 0.3 is 0 Å². The Kier molecular flexibility index (Phi) is 5.66. The van der Waals surface area contributed by atoms with Crippen LogP contribution in [0, 0.1) is 11.6 Å². The molecule has 1 saturated heterocycles. The average Bonchev–Trinajstić information content (AvgIpc) is 2.33. The van der Waals surface area contributed by atoms with Gasteiger partial charge in [0.25, 0.3) is 0 Å². The zero-order chi connectivity index (χ0) is 13.2. The normalized spacial score (nSPS) is 16.9. The van der Waals surface area contributed by atoms with Crippen molar-refractivity contribution < 1.29 is 17.2 Å². The Morgan fingerprint density at radius 1 is 1.16 bits per heavy atom. The van der Waals surface area contributed by atoms with Gasteiger partial charge in [-0.25, -0.2) is 21.9 Å². The summed E-state index contributed by atoms with van der Waals surface area (Å²) in [6, 6.07) is 2.40. The maximum atomic E-state index is 13.0. The van der Waals surface area contributed by atoms with Crippen LogP contribution in [0.25, 0.3) is 0 Å². The van der Waals surface area contributed by atoms with Crippen molar-refractivity contribution in [1.82, 2.24) is 10.0 Å². The van der Waals surface area contributed by atoms with E-state index in [1.807, 2.05) is 0 Å². The van der Waals surface area contributed by atoms with E-state index in [1.165, 1.54) is 0 Å². The second kappa shape index (κ2) is 6.60. The molecule has 0 aliphatic carbocycles. The van der Waals surface area contributed by atoms with Crippen LogP contribution in [-0.2, 0) is 10.0 Å². The van der Waals surface area contributed by atoms with Crippen LogP contribution in [0.4, 0.5) is 8.78 Å². The van der Waals surface area contributed by atoms with Gasteiger partial charge in [-0.1, -0.05) is 0 Å². The van der Waals surface area contributed by atoms with Gasteiger partial charge < -0.3 is 5.32 Å². The molecule has 0 amide bonds. The molecule has 0 bridgehead atoms. The number of benzene rings is 1.